The fraction of sp³-hybridized carbons (Fsp3) is 0.0612. The van der Waals surface area contributed by atoms with Crippen LogP contribution in [0.25, 0.3) is 76.9 Å². The van der Waals surface area contributed by atoms with Gasteiger partial charge in [0.15, 0.2) is 0 Å². The van der Waals surface area contributed by atoms with Gasteiger partial charge < -0.3 is 4.57 Å². The third-order valence-electron chi connectivity index (χ3n) is 12.1. The van der Waals surface area contributed by atoms with Crippen LogP contribution < -0.4 is 0 Å². The molecular weight excluding hydrogens is 603 g/mol. The first-order valence-corrected chi connectivity index (χ1v) is 17.8. The molecule has 0 saturated carbocycles. The predicted octanol–water partition coefficient (Wildman–Crippen LogP) is 12.6. The Kier molecular flexibility index (Phi) is 5.08. The van der Waals surface area contributed by atoms with E-state index >= 15 is 0 Å². The summed E-state index contributed by atoms with van der Waals surface area (Å²) in [7, 11) is 0. The lowest BCUT2D eigenvalue weighted by Crippen LogP contribution is -2.28. The van der Waals surface area contributed by atoms with E-state index in [2.05, 4.69) is 168 Å². The Bertz CT molecular complexity index is 2950. The fourth-order valence-corrected chi connectivity index (χ4v) is 10.3. The second-order valence-corrected chi connectivity index (χ2v) is 14.2. The molecule has 1 heteroatoms. The van der Waals surface area contributed by atoms with Crippen LogP contribution in [0.2, 0.25) is 0 Å². The lowest BCUT2D eigenvalue weighted by Gasteiger charge is -2.34. The van der Waals surface area contributed by atoms with E-state index in [1.54, 1.807) is 5.57 Å². The van der Waals surface area contributed by atoms with Crippen molar-refractivity contribution in [1.29, 1.82) is 0 Å². The zero-order valence-corrected chi connectivity index (χ0v) is 27.4. The summed E-state index contributed by atoms with van der Waals surface area (Å²) in [5, 5.41) is 8.15. The van der Waals surface area contributed by atoms with Gasteiger partial charge in [-0.15, -0.1) is 0 Å². The Morgan fingerprint density at radius 2 is 1.10 bits per heavy atom. The van der Waals surface area contributed by atoms with Gasteiger partial charge in [0.25, 0.3) is 0 Å². The lowest BCUT2D eigenvalue weighted by atomic mass is 9.66. The van der Waals surface area contributed by atoms with E-state index in [0.29, 0.717) is 0 Å². The van der Waals surface area contributed by atoms with Gasteiger partial charge >= 0.3 is 0 Å². The number of benzene rings is 8. The minimum atomic E-state index is -0.322. The summed E-state index contributed by atoms with van der Waals surface area (Å²) in [4.78, 5) is 0. The van der Waals surface area contributed by atoms with Crippen LogP contribution in [0.15, 0.2) is 169 Å². The van der Waals surface area contributed by atoms with Crippen molar-refractivity contribution in [3.8, 4) is 27.9 Å². The molecule has 1 nitrogen and oxygen atoms in total. The van der Waals surface area contributed by atoms with Crippen LogP contribution in [0.3, 0.4) is 0 Å². The zero-order chi connectivity index (χ0) is 32.6. The highest BCUT2D eigenvalue weighted by Gasteiger charge is 2.53. The molecule has 0 radical (unpaired) electrons. The molecule has 0 aliphatic heterocycles. The Balaban J connectivity index is 1.23. The van der Waals surface area contributed by atoms with E-state index in [1.165, 1.54) is 99.1 Å². The number of allylic oxidation sites excluding steroid dienone is 4. The van der Waals surface area contributed by atoms with Crippen molar-refractivity contribution in [3.63, 3.8) is 0 Å². The number of fused-ring (bicyclic) bond motifs is 13. The molecule has 12 rings (SSSR count). The van der Waals surface area contributed by atoms with Gasteiger partial charge in [-0.05, 0) is 114 Å². The zero-order valence-electron chi connectivity index (χ0n) is 27.4. The van der Waals surface area contributed by atoms with E-state index in [9.17, 15) is 0 Å². The van der Waals surface area contributed by atoms with E-state index in [4.69, 9.17) is 0 Å². The monoisotopic (exact) mass is 633 g/mol. The molecule has 1 aromatic heterocycles. The number of hydrogen-bond donors (Lipinski definition) is 0. The molecule has 3 aliphatic rings. The highest BCUT2D eigenvalue weighted by Crippen LogP contribution is 2.65. The molecule has 0 fully saturated rings. The first-order valence-electron chi connectivity index (χ1n) is 17.8. The van der Waals surface area contributed by atoms with Gasteiger partial charge in [-0.1, -0.05) is 140 Å². The van der Waals surface area contributed by atoms with E-state index in [1.807, 2.05) is 0 Å². The van der Waals surface area contributed by atoms with Crippen molar-refractivity contribution in [3.05, 3.63) is 192 Å². The quantitative estimate of drug-likeness (QED) is 0.167. The van der Waals surface area contributed by atoms with Crippen LogP contribution in [0.5, 0.6) is 0 Å². The molecule has 0 saturated heterocycles. The smallest absolute Gasteiger partial charge is 0.0694 e. The van der Waals surface area contributed by atoms with Crippen molar-refractivity contribution in [1.82, 2.24) is 4.57 Å². The van der Waals surface area contributed by atoms with Gasteiger partial charge in [-0.2, -0.15) is 0 Å². The normalized spacial score (nSPS) is 17.4. The molecule has 9 aromatic rings. The predicted molar refractivity (Wildman–Crippen MR) is 209 cm³/mol. The van der Waals surface area contributed by atoms with Gasteiger partial charge in [0.2, 0.25) is 0 Å². The van der Waals surface area contributed by atoms with Crippen LogP contribution in [0.1, 0.15) is 35.1 Å². The summed E-state index contributed by atoms with van der Waals surface area (Å²) >= 11 is 0. The van der Waals surface area contributed by atoms with Crippen LogP contribution >= 0.6 is 0 Å². The molecule has 8 aromatic carbocycles. The Hall–Kier alpha value is -6.18. The summed E-state index contributed by atoms with van der Waals surface area (Å²) in [6.45, 7) is 0. The lowest BCUT2D eigenvalue weighted by molar-refractivity contribution is 0.719. The topological polar surface area (TPSA) is 4.93 Å². The molecule has 1 spiro atoms. The Labute approximate surface area is 290 Å². The van der Waals surface area contributed by atoms with Gasteiger partial charge in [0.1, 0.15) is 0 Å². The molecule has 232 valence electrons. The van der Waals surface area contributed by atoms with E-state index in [-0.39, 0.29) is 5.41 Å². The maximum Gasteiger partial charge on any atom is 0.0694 e. The summed E-state index contributed by atoms with van der Waals surface area (Å²) in [6, 6.07) is 57.0. The molecule has 50 heavy (non-hydrogen) atoms. The van der Waals surface area contributed by atoms with E-state index < -0.39 is 0 Å². The highest BCUT2D eigenvalue weighted by molar-refractivity contribution is 6.35. The second-order valence-electron chi connectivity index (χ2n) is 14.2. The Morgan fingerprint density at radius 1 is 0.460 bits per heavy atom. The summed E-state index contributed by atoms with van der Waals surface area (Å²) < 4.78 is 2.49. The maximum absolute atomic E-state index is 2.49. The molecule has 1 atom stereocenters. The summed E-state index contributed by atoms with van der Waals surface area (Å²) in [5.41, 5.74) is 17.3. The highest BCUT2D eigenvalue weighted by atomic mass is 15.0. The first kappa shape index (κ1) is 26.7. The minimum absolute atomic E-state index is 0.322. The van der Waals surface area contributed by atoms with Gasteiger partial charge in [-0.25, -0.2) is 0 Å². The van der Waals surface area contributed by atoms with Crippen LogP contribution in [-0.4, -0.2) is 4.57 Å². The number of hydrogen-bond acceptors (Lipinski definition) is 0. The van der Waals surface area contributed by atoms with Crippen molar-refractivity contribution >= 4 is 48.9 Å². The SMILES string of the molecule is C1=CC2=C(CC1)C1(c3ccccc32)c2ccccc2-c2ccc3c4cccc5c4c4c(cccc4n5-c4ccc(-c5ccccc5)cc4)c3c21. The molecule has 0 bridgehead atoms. The largest absolute Gasteiger partial charge is 0.309 e. The number of rotatable bonds is 2. The number of nitrogens with zero attached hydrogens (tertiary/aromatic N) is 1. The van der Waals surface area contributed by atoms with Gasteiger partial charge in [0.05, 0.1) is 16.4 Å². The molecule has 3 aliphatic carbocycles. The summed E-state index contributed by atoms with van der Waals surface area (Å²) in [5.74, 6) is 0. The average molecular weight is 634 g/mol. The van der Waals surface area contributed by atoms with Crippen molar-refractivity contribution in [2.24, 2.45) is 0 Å². The third-order valence-corrected chi connectivity index (χ3v) is 12.1. The summed E-state index contributed by atoms with van der Waals surface area (Å²) in [6.07, 6.45) is 6.93. The van der Waals surface area contributed by atoms with Gasteiger partial charge in [0, 0.05) is 16.5 Å². The fourth-order valence-electron chi connectivity index (χ4n) is 10.3. The molecule has 1 heterocycles. The van der Waals surface area contributed by atoms with Crippen molar-refractivity contribution in [2.45, 2.75) is 18.3 Å². The first-order chi connectivity index (χ1) is 24.8. The third kappa shape index (κ3) is 3.10. The standard InChI is InChI=1S/C49H31N/c1-2-12-30(13-3-1)31-24-26-32(27-25-31)50-43-22-10-17-36-37-28-29-38-35-16-6-9-21-42(35)49(40-19-7-4-14-33(40)34-15-5-8-20-41(34)49)48(38)45(37)39-18-11-23-44(50)47(39)46(36)43/h1-7,9-19,21-29H,8,20H2. The molecular formula is C49H31N. The van der Waals surface area contributed by atoms with Crippen molar-refractivity contribution in [2.75, 3.05) is 0 Å². The van der Waals surface area contributed by atoms with Crippen LogP contribution in [-0.2, 0) is 5.41 Å². The minimum Gasteiger partial charge on any atom is -0.309 e. The molecule has 0 amide bonds. The van der Waals surface area contributed by atoms with Gasteiger partial charge in [-0.3, -0.25) is 0 Å². The van der Waals surface area contributed by atoms with Crippen LogP contribution in [0, 0.1) is 0 Å². The second kappa shape index (κ2) is 9.49. The average Bonchev–Trinajstić information content (AvgIpc) is 3.80. The van der Waals surface area contributed by atoms with Crippen LogP contribution in [0.4, 0.5) is 0 Å². The Morgan fingerprint density at radius 3 is 1.90 bits per heavy atom. The molecule has 1 unspecified atom stereocenters. The maximum atomic E-state index is 2.49. The van der Waals surface area contributed by atoms with Crippen molar-refractivity contribution < 1.29 is 0 Å². The van der Waals surface area contributed by atoms with E-state index in [0.717, 1.165) is 12.8 Å². The molecule has 0 N–H and O–H groups in total. The number of aromatic nitrogens is 1.